The molecule has 0 atom stereocenters. The van der Waals surface area contributed by atoms with E-state index in [-0.39, 0.29) is 30.3 Å². The third kappa shape index (κ3) is 4.93. The molecule has 0 saturated carbocycles. The van der Waals surface area contributed by atoms with Crippen molar-refractivity contribution in [2.45, 2.75) is 24.2 Å². The van der Waals surface area contributed by atoms with Crippen molar-refractivity contribution < 1.29 is 9.53 Å². The Hall–Kier alpha value is -2.18. The minimum atomic E-state index is -0.797. The Morgan fingerprint density at radius 3 is 2.88 bits per heavy atom. The number of hydrogen-bond donors (Lipinski definition) is 3. The van der Waals surface area contributed by atoms with Crippen LogP contribution in [-0.4, -0.2) is 51.5 Å². The lowest BCUT2D eigenvalue weighted by Gasteiger charge is -2.11. The Morgan fingerprint density at radius 1 is 1.42 bits per heavy atom. The van der Waals surface area contributed by atoms with Gasteiger partial charge in [0.25, 0.3) is 5.56 Å². The number of hydrogen-bond acceptors (Lipinski definition) is 10. The number of ketones is 1. The maximum atomic E-state index is 12.4. The molecule has 142 valence electrons. The van der Waals surface area contributed by atoms with Gasteiger partial charge in [-0.3, -0.25) is 19.1 Å². The van der Waals surface area contributed by atoms with Gasteiger partial charge in [0, 0.05) is 13.7 Å². The second-order valence-electron chi connectivity index (χ2n) is 5.18. The second-order valence-corrected chi connectivity index (χ2v) is 7.38. The number of ether oxygens (including phenoxy) is 1. The van der Waals surface area contributed by atoms with Gasteiger partial charge in [0.1, 0.15) is 11.4 Å². The van der Waals surface area contributed by atoms with Crippen molar-refractivity contribution in [3.8, 4) is 0 Å². The molecule has 4 N–H and O–H groups in total. The summed E-state index contributed by atoms with van der Waals surface area (Å²) in [6.07, 6.45) is 0.960. The van der Waals surface area contributed by atoms with Gasteiger partial charge in [0.2, 0.25) is 5.13 Å². The van der Waals surface area contributed by atoms with Crippen LogP contribution in [0.1, 0.15) is 23.7 Å². The highest BCUT2D eigenvalue weighted by Gasteiger charge is 2.20. The quantitative estimate of drug-likeness (QED) is 0.381. The summed E-state index contributed by atoms with van der Waals surface area (Å²) in [6, 6.07) is 0. The van der Waals surface area contributed by atoms with Gasteiger partial charge < -0.3 is 15.8 Å². The number of carbonyl (C=O) groups is 1. The fourth-order valence-electron chi connectivity index (χ4n) is 2.03. The molecule has 0 amide bonds. The summed E-state index contributed by atoms with van der Waals surface area (Å²) >= 11 is 2.48. The predicted molar refractivity (Wildman–Crippen MR) is 101 cm³/mol. The molecule has 0 fully saturated rings. The van der Waals surface area contributed by atoms with Gasteiger partial charge in [-0.2, -0.15) is 0 Å². The zero-order valence-electron chi connectivity index (χ0n) is 14.4. The Balaban J connectivity index is 2.12. The number of aromatic amines is 1. The number of rotatable bonds is 10. The predicted octanol–water partition coefficient (Wildman–Crippen LogP) is 0.414. The van der Waals surface area contributed by atoms with Crippen molar-refractivity contribution in [3.63, 3.8) is 0 Å². The van der Waals surface area contributed by atoms with Gasteiger partial charge in [-0.1, -0.05) is 30.0 Å². The van der Waals surface area contributed by atoms with Crippen molar-refractivity contribution in [1.29, 1.82) is 0 Å². The molecular formula is C14H20N6O4S2. The molecule has 0 aliphatic rings. The van der Waals surface area contributed by atoms with Crippen molar-refractivity contribution in [2.75, 3.05) is 37.1 Å². The minimum Gasteiger partial charge on any atom is -0.384 e. The van der Waals surface area contributed by atoms with Crippen LogP contribution in [0.2, 0.25) is 0 Å². The molecule has 0 aliphatic carbocycles. The molecule has 0 aliphatic heterocycles. The van der Waals surface area contributed by atoms with E-state index in [2.05, 4.69) is 20.5 Å². The molecule has 0 spiro atoms. The van der Waals surface area contributed by atoms with E-state index in [0.717, 1.165) is 29.3 Å². The van der Waals surface area contributed by atoms with Crippen LogP contribution in [0.25, 0.3) is 0 Å². The van der Waals surface area contributed by atoms with E-state index in [9.17, 15) is 14.4 Å². The average molecular weight is 400 g/mol. The van der Waals surface area contributed by atoms with Gasteiger partial charge in [0.05, 0.1) is 18.9 Å². The summed E-state index contributed by atoms with van der Waals surface area (Å²) in [6.45, 7) is 3.18. The first-order valence-corrected chi connectivity index (χ1v) is 9.63. The van der Waals surface area contributed by atoms with E-state index >= 15 is 0 Å². The number of H-pyrrole nitrogens is 1. The van der Waals surface area contributed by atoms with Gasteiger partial charge in [-0.05, 0) is 6.42 Å². The molecule has 0 bridgehead atoms. The standard InChI is InChI=1S/C14H20N6O4S2/c1-3-4-16-12-18-19-14(26-12)25-7-8(21)9-10(15)20(5-6-24-2)13(23)17-11(9)22/h3-7,15H2,1-2H3,(H,16,18)(H,17,22,23). The van der Waals surface area contributed by atoms with E-state index < -0.39 is 17.0 Å². The number of nitrogens with one attached hydrogen (secondary N) is 2. The van der Waals surface area contributed by atoms with Crippen LogP contribution >= 0.6 is 23.1 Å². The summed E-state index contributed by atoms with van der Waals surface area (Å²) < 4.78 is 6.61. The Bertz CT molecular complexity index is 875. The molecule has 2 heterocycles. The number of thioether (sulfide) groups is 1. The van der Waals surface area contributed by atoms with Crippen LogP contribution in [0.5, 0.6) is 0 Å². The van der Waals surface area contributed by atoms with Crippen LogP contribution in [0, 0.1) is 0 Å². The van der Waals surface area contributed by atoms with Crippen molar-refractivity contribution in [1.82, 2.24) is 19.7 Å². The molecule has 10 nitrogen and oxygen atoms in total. The molecule has 0 aromatic carbocycles. The minimum absolute atomic E-state index is 0.0435. The maximum Gasteiger partial charge on any atom is 0.330 e. The number of carbonyl (C=O) groups excluding carboxylic acids is 1. The molecule has 2 rings (SSSR count). The van der Waals surface area contributed by atoms with Gasteiger partial charge in [0.15, 0.2) is 10.1 Å². The van der Waals surface area contributed by atoms with E-state index in [1.54, 1.807) is 0 Å². The van der Waals surface area contributed by atoms with E-state index in [1.165, 1.54) is 18.4 Å². The molecule has 0 radical (unpaired) electrons. The highest BCUT2D eigenvalue weighted by Crippen LogP contribution is 2.26. The first-order chi connectivity index (χ1) is 12.5. The Labute approximate surface area is 157 Å². The summed E-state index contributed by atoms with van der Waals surface area (Å²) in [4.78, 5) is 38.4. The number of nitrogens with two attached hydrogens (primary N) is 1. The number of nitrogens with zero attached hydrogens (tertiary/aromatic N) is 3. The molecule has 0 saturated heterocycles. The molecule has 2 aromatic heterocycles. The zero-order chi connectivity index (χ0) is 19.1. The molecule has 0 unspecified atom stereocenters. The maximum absolute atomic E-state index is 12.4. The number of Topliss-reactive ketones (excluding diaryl/α,β-unsaturated/α-hetero) is 1. The number of anilines is 2. The summed E-state index contributed by atoms with van der Waals surface area (Å²) in [7, 11) is 1.47. The lowest BCUT2D eigenvalue weighted by Crippen LogP contribution is -2.37. The van der Waals surface area contributed by atoms with Gasteiger partial charge in [-0.25, -0.2) is 4.79 Å². The van der Waals surface area contributed by atoms with Crippen LogP contribution in [0.4, 0.5) is 10.9 Å². The largest absolute Gasteiger partial charge is 0.384 e. The SMILES string of the molecule is CCCNc1nnc(SCC(=O)c2c(N)n(CCOC)c(=O)[nH]c2=O)s1. The van der Waals surface area contributed by atoms with Crippen molar-refractivity contribution >= 4 is 39.8 Å². The fourth-order valence-corrected chi connectivity index (χ4v) is 3.68. The average Bonchev–Trinajstić information content (AvgIpc) is 3.05. The van der Waals surface area contributed by atoms with E-state index in [4.69, 9.17) is 10.5 Å². The lowest BCUT2D eigenvalue weighted by atomic mass is 10.2. The molecular weight excluding hydrogens is 380 g/mol. The summed E-state index contributed by atoms with van der Waals surface area (Å²) in [5.74, 6) is -0.694. The third-order valence-electron chi connectivity index (χ3n) is 3.30. The number of aromatic nitrogens is 4. The topological polar surface area (TPSA) is 145 Å². The second kappa shape index (κ2) is 9.50. The van der Waals surface area contributed by atoms with Crippen LogP contribution in [-0.2, 0) is 11.3 Å². The smallest absolute Gasteiger partial charge is 0.330 e. The first kappa shape index (κ1) is 20.1. The highest BCUT2D eigenvalue weighted by molar-refractivity contribution is 8.01. The van der Waals surface area contributed by atoms with Crippen LogP contribution in [0.3, 0.4) is 0 Å². The van der Waals surface area contributed by atoms with E-state index in [1.807, 2.05) is 6.92 Å². The van der Waals surface area contributed by atoms with Gasteiger partial charge in [-0.15, -0.1) is 10.2 Å². The summed E-state index contributed by atoms with van der Waals surface area (Å²) in [5, 5.41) is 11.7. The summed E-state index contributed by atoms with van der Waals surface area (Å²) in [5.41, 5.74) is 4.17. The first-order valence-electron chi connectivity index (χ1n) is 7.82. The molecule has 2 aromatic rings. The third-order valence-corrected chi connectivity index (χ3v) is 5.31. The number of methoxy groups -OCH3 is 1. The molecule has 26 heavy (non-hydrogen) atoms. The monoisotopic (exact) mass is 400 g/mol. The fraction of sp³-hybridized carbons (Fsp3) is 0.500. The normalized spacial score (nSPS) is 10.8. The molecule has 12 heteroatoms. The van der Waals surface area contributed by atoms with Crippen molar-refractivity contribution in [2.24, 2.45) is 0 Å². The van der Waals surface area contributed by atoms with Crippen molar-refractivity contribution in [3.05, 3.63) is 26.4 Å². The zero-order valence-corrected chi connectivity index (χ0v) is 16.0. The van der Waals surface area contributed by atoms with E-state index in [0.29, 0.717) is 9.47 Å². The van der Waals surface area contributed by atoms with Crippen LogP contribution < -0.4 is 22.3 Å². The lowest BCUT2D eigenvalue weighted by molar-refractivity contribution is 0.102. The van der Waals surface area contributed by atoms with Crippen LogP contribution in [0.15, 0.2) is 13.9 Å². The highest BCUT2D eigenvalue weighted by atomic mass is 32.2. The Kier molecular flexibility index (Phi) is 7.36. The number of nitrogen functional groups attached to an aromatic ring is 1. The van der Waals surface area contributed by atoms with Gasteiger partial charge >= 0.3 is 5.69 Å². The Morgan fingerprint density at radius 2 is 2.19 bits per heavy atom.